The number of nitrogens with one attached hydrogen (secondary N) is 1. The van der Waals surface area contributed by atoms with Gasteiger partial charge < -0.3 is 10.2 Å². The molecule has 0 atom stereocenters. The van der Waals surface area contributed by atoms with Crippen molar-refractivity contribution in [2.24, 2.45) is 0 Å². The molecule has 1 aromatic carbocycles. The molecule has 4 nitrogen and oxygen atoms in total. The summed E-state index contributed by atoms with van der Waals surface area (Å²) < 4.78 is 0. The van der Waals surface area contributed by atoms with Crippen LogP contribution in [0.2, 0.25) is 0 Å². The van der Waals surface area contributed by atoms with Crippen LogP contribution in [0.25, 0.3) is 0 Å². The van der Waals surface area contributed by atoms with Gasteiger partial charge >= 0.3 is 0 Å². The first-order chi connectivity index (χ1) is 8.79. The predicted molar refractivity (Wildman–Crippen MR) is 77.0 cm³/mol. The summed E-state index contributed by atoms with van der Waals surface area (Å²) in [5.74, 6) is -0.107. The topological polar surface area (TPSA) is 49.4 Å². The molecule has 1 rings (SSSR count). The molecule has 0 aromatic heterocycles. The van der Waals surface area contributed by atoms with Crippen molar-refractivity contribution in [3.05, 3.63) is 30.3 Å². The van der Waals surface area contributed by atoms with Gasteiger partial charge in [0.05, 0.1) is 0 Å². The van der Waals surface area contributed by atoms with Gasteiger partial charge in [-0.1, -0.05) is 18.2 Å². The minimum atomic E-state index is -0.245. The molecule has 19 heavy (non-hydrogen) atoms. The maximum atomic E-state index is 11.8. The Kier molecular flexibility index (Phi) is 5.10. The lowest BCUT2D eigenvalue weighted by Gasteiger charge is -2.23. The maximum Gasteiger partial charge on any atom is 0.223 e. The minimum absolute atomic E-state index is 0.0466. The summed E-state index contributed by atoms with van der Waals surface area (Å²) in [7, 11) is 0. The van der Waals surface area contributed by atoms with Crippen molar-refractivity contribution in [3.8, 4) is 0 Å². The summed E-state index contributed by atoms with van der Waals surface area (Å²) in [5.41, 5.74) is 0.573. The second-order valence-corrected chi connectivity index (χ2v) is 5.55. The smallest absolute Gasteiger partial charge is 0.223 e. The van der Waals surface area contributed by atoms with Gasteiger partial charge in [0, 0.05) is 31.1 Å². The summed E-state index contributed by atoms with van der Waals surface area (Å²) in [4.78, 5) is 25.0. The predicted octanol–water partition coefficient (Wildman–Crippen LogP) is 2.34. The molecule has 0 aliphatic heterocycles. The lowest BCUT2D eigenvalue weighted by Crippen LogP contribution is -2.42. The Morgan fingerprint density at radius 3 is 2.21 bits per heavy atom. The summed E-state index contributed by atoms with van der Waals surface area (Å²) >= 11 is 0. The molecule has 0 radical (unpaired) electrons. The quantitative estimate of drug-likeness (QED) is 0.905. The highest BCUT2D eigenvalue weighted by molar-refractivity contribution is 5.92. The molecule has 0 unspecified atom stereocenters. The van der Waals surface area contributed by atoms with E-state index in [1.54, 1.807) is 4.90 Å². The lowest BCUT2D eigenvalue weighted by molar-refractivity contribution is -0.122. The number of para-hydroxylation sites is 1. The minimum Gasteiger partial charge on any atom is -0.351 e. The van der Waals surface area contributed by atoms with E-state index < -0.39 is 0 Å². The van der Waals surface area contributed by atoms with Gasteiger partial charge in [0.15, 0.2) is 0 Å². The molecule has 1 N–H and O–H groups in total. The standard InChI is InChI=1S/C15H22N2O2/c1-12(18)17(13-8-6-5-7-9-13)11-10-14(19)16-15(2,3)4/h5-9H,10-11H2,1-4H3,(H,16,19). The van der Waals surface area contributed by atoms with E-state index in [0.717, 1.165) is 5.69 Å². The molecule has 0 saturated heterocycles. The van der Waals surface area contributed by atoms with E-state index in [4.69, 9.17) is 0 Å². The fourth-order valence-corrected chi connectivity index (χ4v) is 1.77. The fraction of sp³-hybridized carbons (Fsp3) is 0.467. The zero-order valence-electron chi connectivity index (χ0n) is 12.1. The van der Waals surface area contributed by atoms with E-state index in [1.165, 1.54) is 6.92 Å². The molecule has 0 bridgehead atoms. The van der Waals surface area contributed by atoms with Gasteiger partial charge in [-0.3, -0.25) is 9.59 Å². The van der Waals surface area contributed by atoms with Crippen LogP contribution in [0.3, 0.4) is 0 Å². The van der Waals surface area contributed by atoms with Gasteiger partial charge in [-0.05, 0) is 32.9 Å². The maximum absolute atomic E-state index is 11.8. The molecule has 1 aromatic rings. The summed E-state index contributed by atoms with van der Waals surface area (Å²) in [6.45, 7) is 7.70. The largest absolute Gasteiger partial charge is 0.351 e. The first-order valence-corrected chi connectivity index (χ1v) is 6.44. The van der Waals surface area contributed by atoms with Crippen LogP contribution >= 0.6 is 0 Å². The van der Waals surface area contributed by atoms with E-state index in [2.05, 4.69) is 5.32 Å². The molecule has 0 aliphatic rings. The van der Waals surface area contributed by atoms with Crippen LogP contribution in [0, 0.1) is 0 Å². The molecule has 0 heterocycles. The van der Waals surface area contributed by atoms with E-state index in [0.29, 0.717) is 13.0 Å². The summed E-state index contributed by atoms with van der Waals surface area (Å²) in [6.07, 6.45) is 0.297. The Morgan fingerprint density at radius 1 is 1.16 bits per heavy atom. The first kappa shape index (κ1) is 15.2. The zero-order valence-corrected chi connectivity index (χ0v) is 12.1. The number of anilines is 1. The number of carbonyl (C=O) groups is 2. The lowest BCUT2D eigenvalue weighted by atomic mass is 10.1. The molecule has 2 amide bonds. The van der Waals surface area contributed by atoms with E-state index in [9.17, 15) is 9.59 Å². The second-order valence-electron chi connectivity index (χ2n) is 5.55. The van der Waals surface area contributed by atoms with E-state index in [1.807, 2.05) is 51.1 Å². The van der Waals surface area contributed by atoms with E-state index in [-0.39, 0.29) is 17.4 Å². The summed E-state index contributed by atoms with van der Waals surface area (Å²) in [6, 6.07) is 9.38. The third-order valence-electron chi connectivity index (χ3n) is 2.52. The van der Waals surface area contributed by atoms with Gasteiger partial charge in [-0.15, -0.1) is 0 Å². The van der Waals surface area contributed by atoms with Crippen molar-refractivity contribution < 1.29 is 9.59 Å². The van der Waals surface area contributed by atoms with Crippen molar-refractivity contribution in [3.63, 3.8) is 0 Å². The van der Waals surface area contributed by atoms with Gasteiger partial charge in [0.1, 0.15) is 0 Å². The van der Waals surface area contributed by atoms with Crippen LogP contribution < -0.4 is 10.2 Å². The molecule has 0 saturated carbocycles. The van der Waals surface area contributed by atoms with Gasteiger partial charge in [-0.25, -0.2) is 0 Å². The highest BCUT2D eigenvalue weighted by atomic mass is 16.2. The Labute approximate surface area is 114 Å². The molecule has 0 fully saturated rings. The average molecular weight is 262 g/mol. The molecular weight excluding hydrogens is 240 g/mol. The molecular formula is C15H22N2O2. The Balaban J connectivity index is 2.62. The number of rotatable bonds is 4. The Morgan fingerprint density at radius 2 is 1.74 bits per heavy atom. The van der Waals surface area contributed by atoms with Crippen molar-refractivity contribution >= 4 is 17.5 Å². The third kappa shape index (κ3) is 5.55. The molecule has 4 heteroatoms. The van der Waals surface area contributed by atoms with Crippen molar-refractivity contribution in [1.29, 1.82) is 0 Å². The number of amides is 2. The molecule has 0 aliphatic carbocycles. The Hall–Kier alpha value is -1.84. The second kappa shape index (κ2) is 6.36. The molecule has 104 valence electrons. The number of nitrogens with zero attached hydrogens (tertiary/aromatic N) is 1. The molecule has 0 spiro atoms. The number of benzene rings is 1. The van der Waals surface area contributed by atoms with Crippen LogP contribution in [0.5, 0.6) is 0 Å². The highest BCUT2D eigenvalue weighted by Crippen LogP contribution is 2.13. The van der Waals surface area contributed by atoms with Crippen LogP contribution in [0.1, 0.15) is 34.1 Å². The number of carbonyl (C=O) groups excluding carboxylic acids is 2. The zero-order chi connectivity index (χ0) is 14.5. The highest BCUT2D eigenvalue weighted by Gasteiger charge is 2.16. The third-order valence-corrected chi connectivity index (χ3v) is 2.52. The van der Waals surface area contributed by atoms with Gasteiger partial charge in [-0.2, -0.15) is 0 Å². The normalized spacial score (nSPS) is 10.9. The first-order valence-electron chi connectivity index (χ1n) is 6.44. The summed E-state index contributed by atoms with van der Waals surface area (Å²) in [5, 5.41) is 2.89. The Bertz CT molecular complexity index is 435. The van der Waals surface area contributed by atoms with Gasteiger partial charge in [0.25, 0.3) is 0 Å². The fourth-order valence-electron chi connectivity index (χ4n) is 1.77. The van der Waals surface area contributed by atoms with Crippen molar-refractivity contribution in [1.82, 2.24) is 5.32 Å². The van der Waals surface area contributed by atoms with Crippen LogP contribution in [0.4, 0.5) is 5.69 Å². The van der Waals surface area contributed by atoms with Crippen molar-refractivity contribution in [2.75, 3.05) is 11.4 Å². The SMILES string of the molecule is CC(=O)N(CCC(=O)NC(C)(C)C)c1ccccc1. The van der Waals surface area contributed by atoms with E-state index >= 15 is 0 Å². The van der Waals surface area contributed by atoms with Gasteiger partial charge in [0.2, 0.25) is 11.8 Å². The van der Waals surface area contributed by atoms with Crippen LogP contribution in [-0.4, -0.2) is 23.9 Å². The van der Waals surface area contributed by atoms with Crippen LogP contribution in [0.15, 0.2) is 30.3 Å². The van der Waals surface area contributed by atoms with Crippen LogP contribution in [-0.2, 0) is 9.59 Å². The monoisotopic (exact) mass is 262 g/mol. The average Bonchev–Trinajstić information content (AvgIpc) is 2.27. The number of hydrogen-bond donors (Lipinski definition) is 1. The van der Waals surface area contributed by atoms with Crippen molar-refractivity contribution in [2.45, 2.75) is 39.7 Å². The number of hydrogen-bond acceptors (Lipinski definition) is 2.